The lowest BCUT2D eigenvalue weighted by Crippen LogP contribution is -2.53. The third-order valence-electron chi connectivity index (χ3n) is 6.85. The summed E-state index contributed by atoms with van der Waals surface area (Å²) in [6, 6.07) is 5.49. The molecule has 1 saturated carbocycles. The Bertz CT molecular complexity index is 1200. The number of nitrogens with zero attached hydrogens (tertiary/aromatic N) is 4. The Labute approximate surface area is 205 Å². The third kappa shape index (κ3) is 5.90. The summed E-state index contributed by atoms with van der Waals surface area (Å²) in [5.41, 5.74) is -0.0333. The molecule has 1 amide bonds. The van der Waals surface area contributed by atoms with E-state index in [9.17, 15) is 22.7 Å². The van der Waals surface area contributed by atoms with Crippen molar-refractivity contribution in [3.63, 3.8) is 0 Å². The lowest BCUT2D eigenvalue weighted by atomic mass is 9.83. The number of piperazine rings is 1. The lowest BCUT2D eigenvalue weighted by Gasteiger charge is -2.41. The summed E-state index contributed by atoms with van der Waals surface area (Å²) in [5, 5.41) is 13.1. The predicted molar refractivity (Wildman–Crippen MR) is 131 cm³/mol. The van der Waals surface area contributed by atoms with Crippen LogP contribution in [0.3, 0.4) is 0 Å². The van der Waals surface area contributed by atoms with Gasteiger partial charge in [-0.05, 0) is 63.8 Å². The number of aromatic nitrogens is 2. The summed E-state index contributed by atoms with van der Waals surface area (Å²) < 4.78 is 38.1. The smallest absolute Gasteiger partial charge is 0.270 e. The normalized spacial score (nSPS) is 25.4. The second kappa shape index (κ2) is 9.69. The van der Waals surface area contributed by atoms with Gasteiger partial charge < -0.3 is 20.2 Å². The monoisotopic (exact) mass is 505 g/mol. The molecule has 1 aliphatic carbocycles. The van der Waals surface area contributed by atoms with Crippen molar-refractivity contribution in [2.45, 2.75) is 62.1 Å². The van der Waals surface area contributed by atoms with E-state index in [-0.39, 0.29) is 28.6 Å². The number of anilines is 2. The van der Waals surface area contributed by atoms with Gasteiger partial charge in [0.2, 0.25) is 5.95 Å². The maximum atomic E-state index is 14.7. The van der Waals surface area contributed by atoms with Crippen LogP contribution < -0.4 is 15.1 Å². The number of rotatable bonds is 5. The summed E-state index contributed by atoms with van der Waals surface area (Å²) in [6.45, 7) is 5.27. The maximum Gasteiger partial charge on any atom is 0.270 e. The third-order valence-corrected chi connectivity index (χ3v) is 7.96. The van der Waals surface area contributed by atoms with Crippen LogP contribution in [0.1, 0.15) is 50.0 Å². The van der Waals surface area contributed by atoms with Gasteiger partial charge in [-0.25, -0.2) is 22.8 Å². The van der Waals surface area contributed by atoms with Crippen LogP contribution in [0.5, 0.6) is 0 Å². The number of halogens is 1. The molecule has 2 N–H and O–H groups in total. The number of hydrogen-bond acceptors (Lipinski definition) is 8. The van der Waals surface area contributed by atoms with Gasteiger partial charge in [-0.3, -0.25) is 4.79 Å². The molecule has 9 nitrogen and oxygen atoms in total. The van der Waals surface area contributed by atoms with E-state index in [0.29, 0.717) is 44.1 Å². The zero-order chi connectivity index (χ0) is 25.4. The first-order valence-electron chi connectivity index (χ1n) is 11.8. The molecule has 0 bridgehead atoms. The van der Waals surface area contributed by atoms with Crippen LogP contribution in [0.25, 0.3) is 0 Å². The van der Waals surface area contributed by atoms with Gasteiger partial charge in [-0.1, -0.05) is 0 Å². The average molecular weight is 506 g/mol. The molecule has 1 saturated heterocycles. The molecule has 11 heteroatoms. The second-order valence-corrected chi connectivity index (χ2v) is 11.9. The fraction of sp³-hybridized carbons (Fsp3) is 0.542. The molecule has 2 heterocycles. The molecule has 4 rings (SSSR count). The molecule has 1 aromatic heterocycles. The summed E-state index contributed by atoms with van der Waals surface area (Å²) in [5.74, 6) is -0.406. The predicted octanol–water partition coefficient (Wildman–Crippen LogP) is 2.16. The number of sulfone groups is 1. The number of aliphatic hydroxyl groups is 1. The number of hydrogen-bond donors (Lipinski definition) is 2. The standard InChI is InChI=1S/C24H32FN5O4S/c1-16-15-29(21-5-4-18(14-19(21)25)35(3,33)34)12-13-30(16)23-26-11-8-20(28-23)22(31)27-17-6-9-24(2,32)10-7-17/h4-5,8,11,14,16-17,32H,6-7,9-10,12-13,15H2,1-3H3,(H,27,31)/t16-,17-,24+/m1/s1. The molecule has 1 aromatic carbocycles. The first-order chi connectivity index (χ1) is 16.4. The molecular weight excluding hydrogens is 473 g/mol. The summed E-state index contributed by atoms with van der Waals surface area (Å²) in [4.78, 5) is 25.4. The van der Waals surface area contributed by atoms with Crippen molar-refractivity contribution in [2.75, 3.05) is 35.7 Å². The quantitative estimate of drug-likeness (QED) is 0.635. The van der Waals surface area contributed by atoms with Gasteiger partial charge >= 0.3 is 0 Å². The van der Waals surface area contributed by atoms with Gasteiger partial charge in [-0.2, -0.15) is 0 Å². The average Bonchev–Trinajstić information content (AvgIpc) is 2.80. The molecule has 1 aliphatic heterocycles. The number of carbonyl (C=O) groups excluding carboxylic acids is 1. The fourth-order valence-electron chi connectivity index (χ4n) is 4.70. The van der Waals surface area contributed by atoms with Crippen LogP contribution in [0.2, 0.25) is 0 Å². The number of amides is 1. The van der Waals surface area contributed by atoms with Crippen molar-refractivity contribution < 1.29 is 22.7 Å². The topological polar surface area (TPSA) is 116 Å². The Morgan fingerprint density at radius 1 is 1.23 bits per heavy atom. The van der Waals surface area contributed by atoms with Crippen LogP contribution in [0.4, 0.5) is 16.0 Å². The molecule has 0 radical (unpaired) electrons. The van der Waals surface area contributed by atoms with Crippen molar-refractivity contribution >= 4 is 27.4 Å². The Morgan fingerprint density at radius 3 is 2.57 bits per heavy atom. The van der Waals surface area contributed by atoms with Gasteiger partial charge in [0.1, 0.15) is 11.5 Å². The van der Waals surface area contributed by atoms with E-state index in [1.165, 1.54) is 12.1 Å². The van der Waals surface area contributed by atoms with E-state index in [1.54, 1.807) is 12.3 Å². The summed E-state index contributed by atoms with van der Waals surface area (Å²) in [7, 11) is -3.48. The minimum atomic E-state index is -3.48. The Hall–Kier alpha value is -2.79. The largest absolute Gasteiger partial charge is 0.390 e. The van der Waals surface area contributed by atoms with E-state index in [0.717, 1.165) is 25.2 Å². The van der Waals surface area contributed by atoms with Crippen LogP contribution in [0, 0.1) is 5.82 Å². The zero-order valence-electron chi connectivity index (χ0n) is 20.2. The van der Waals surface area contributed by atoms with Gasteiger partial charge in [0, 0.05) is 44.2 Å². The molecule has 2 fully saturated rings. The Balaban J connectivity index is 1.41. The number of benzene rings is 1. The lowest BCUT2D eigenvalue weighted by molar-refractivity contribution is 0.0140. The van der Waals surface area contributed by atoms with Crippen LogP contribution in [-0.4, -0.2) is 73.0 Å². The van der Waals surface area contributed by atoms with Crippen molar-refractivity contribution in [3.8, 4) is 0 Å². The maximum absolute atomic E-state index is 14.7. The second-order valence-electron chi connectivity index (χ2n) is 9.86. The highest BCUT2D eigenvalue weighted by Crippen LogP contribution is 2.28. The minimum Gasteiger partial charge on any atom is -0.390 e. The molecule has 35 heavy (non-hydrogen) atoms. The molecule has 2 aliphatic rings. The highest BCUT2D eigenvalue weighted by atomic mass is 32.2. The molecular formula is C24H32FN5O4S. The Kier molecular flexibility index (Phi) is 7.01. The molecule has 1 atom stereocenters. The highest BCUT2D eigenvalue weighted by Gasteiger charge is 2.31. The SMILES string of the molecule is C[C@@H]1CN(c2ccc(S(C)(=O)=O)cc2F)CCN1c1nccc(C(=O)N[C@H]2CC[C@@](C)(O)CC2)n1. The highest BCUT2D eigenvalue weighted by molar-refractivity contribution is 7.90. The van der Waals surface area contributed by atoms with Crippen LogP contribution in [0.15, 0.2) is 35.4 Å². The van der Waals surface area contributed by atoms with Crippen molar-refractivity contribution in [2.24, 2.45) is 0 Å². The van der Waals surface area contributed by atoms with Crippen molar-refractivity contribution in [3.05, 3.63) is 42.0 Å². The van der Waals surface area contributed by atoms with E-state index in [2.05, 4.69) is 15.3 Å². The van der Waals surface area contributed by atoms with Crippen LogP contribution in [-0.2, 0) is 9.84 Å². The van der Waals surface area contributed by atoms with E-state index >= 15 is 0 Å². The zero-order valence-corrected chi connectivity index (χ0v) is 21.1. The van der Waals surface area contributed by atoms with Gasteiger partial charge in [0.05, 0.1) is 16.2 Å². The molecule has 2 aromatic rings. The minimum absolute atomic E-state index is 0.00703. The van der Waals surface area contributed by atoms with Gasteiger partial charge in [0.25, 0.3) is 5.91 Å². The molecule has 190 valence electrons. The Morgan fingerprint density at radius 2 is 1.94 bits per heavy atom. The first-order valence-corrected chi connectivity index (χ1v) is 13.7. The number of carbonyl (C=O) groups is 1. The number of nitrogens with one attached hydrogen (secondary N) is 1. The van der Waals surface area contributed by atoms with Gasteiger partial charge in [0.15, 0.2) is 9.84 Å². The first kappa shape index (κ1) is 25.3. The van der Waals surface area contributed by atoms with E-state index in [1.807, 2.05) is 23.6 Å². The summed E-state index contributed by atoms with van der Waals surface area (Å²) in [6.07, 6.45) is 5.34. The van der Waals surface area contributed by atoms with Gasteiger partial charge in [-0.15, -0.1) is 0 Å². The fourth-order valence-corrected chi connectivity index (χ4v) is 5.34. The molecule has 0 spiro atoms. The van der Waals surface area contributed by atoms with Crippen molar-refractivity contribution in [1.29, 1.82) is 0 Å². The van der Waals surface area contributed by atoms with E-state index in [4.69, 9.17) is 0 Å². The van der Waals surface area contributed by atoms with E-state index < -0.39 is 21.3 Å². The van der Waals surface area contributed by atoms with Crippen LogP contribution >= 0.6 is 0 Å². The summed E-state index contributed by atoms with van der Waals surface area (Å²) >= 11 is 0. The molecule has 0 unspecified atom stereocenters. The van der Waals surface area contributed by atoms with Crippen molar-refractivity contribution in [1.82, 2.24) is 15.3 Å².